The highest BCUT2D eigenvalue weighted by molar-refractivity contribution is 5.94. The van der Waals surface area contributed by atoms with Gasteiger partial charge in [-0.3, -0.25) is 9.59 Å². The van der Waals surface area contributed by atoms with Crippen molar-refractivity contribution in [2.45, 2.75) is 64.2 Å². The average molecular weight is 548 g/mol. The van der Waals surface area contributed by atoms with E-state index in [0.29, 0.717) is 16.9 Å². The van der Waals surface area contributed by atoms with Crippen LogP contribution in [0.25, 0.3) is 5.69 Å². The maximum Gasteiger partial charge on any atom is 0.305 e. The molecule has 1 aromatic heterocycles. The van der Waals surface area contributed by atoms with Gasteiger partial charge in [0.15, 0.2) is 5.69 Å². The summed E-state index contributed by atoms with van der Waals surface area (Å²) in [5.74, 6) is -4.04. The number of carboxylic acids is 1. The zero-order valence-electron chi connectivity index (χ0n) is 21.9. The minimum Gasteiger partial charge on any atom is -0.481 e. The second-order valence-electron chi connectivity index (χ2n) is 9.79. The minimum atomic E-state index is -1.23. The predicted molar refractivity (Wildman–Crippen MR) is 137 cm³/mol. The summed E-state index contributed by atoms with van der Waals surface area (Å²) in [5, 5.41) is 33.7. The topological polar surface area (TPSA) is 116 Å². The number of aliphatic carboxylic acids is 1. The van der Waals surface area contributed by atoms with Crippen molar-refractivity contribution in [1.29, 1.82) is 0 Å². The second kappa shape index (κ2) is 12.9. The fourth-order valence-corrected chi connectivity index (χ4v) is 4.46. The SMILES string of the molecule is CC(C)c1c(C(=O)N(C)Cc2c(F)cccc2F)nn(-c2ccc(F)cc2)c1CCC(O)CC(O)CC(=O)O. The molecule has 3 aromatic rings. The minimum absolute atomic E-state index is 0.0453. The molecule has 11 heteroatoms. The van der Waals surface area contributed by atoms with Gasteiger partial charge in [-0.2, -0.15) is 5.10 Å². The van der Waals surface area contributed by atoms with Crippen molar-refractivity contribution in [3.63, 3.8) is 0 Å². The molecule has 2 aromatic carbocycles. The van der Waals surface area contributed by atoms with Crippen LogP contribution in [0.2, 0.25) is 0 Å². The zero-order valence-corrected chi connectivity index (χ0v) is 21.9. The first-order valence-corrected chi connectivity index (χ1v) is 12.5. The molecule has 1 amide bonds. The standard InChI is InChI=1S/C28H32F3N3O5/c1-16(2)26-24(12-11-19(35)13-20(36)14-25(37)38)34(18-9-7-17(29)8-10-18)32-27(26)28(39)33(3)15-21-22(30)5-4-6-23(21)31/h4-10,16,19-20,35-36H,11-15H2,1-3H3,(H,37,38). The summed E-state index contributed by atoms with van der Waals surface area (Å²) < 4.78 is 43.6. The van der Waals surface area contributed by atoms with E-state index < -0.39 is 48.0 Å². The summed E-state index contributed by atoms with van der Waals surface area (Å²) in [4.78, 5) is 25.5. The van der Waals surface area contributed by atoms with Crippen molar-refractivity contribution in [1.82, 2.24) is 14.7 Å². The molecule has 0 aliphatic heterocycles. The van der Waals surface area contributed by atoms with Gasteiger partial charge in [-0.05, 0) is 61.6 Å². The van der Waals surface area contributed by atoms with E-state index in [9.17, 15) is 33.0 Å². The van der Waals surface area contributed by atoms with Crippen molar-refractivity contribution in [3.05, 3.63) is 82.4 Å². The third kappa shape index (κ3) is 7.45. The lowest BCUT2D eigenvalue weighted by atomic mass is 9.95. The Bertz CT molecular complexity index is 1290. The van der Waals surface area contributed by atoms with Gasteiger partial charge >= 0.3 is 5.97 Å². The van der Waals surface area contributed by atoms with E-state index in [1.54, 1.807) is 0 Å². The fourth-order valence-electron chi connectivity index (χ4n) is 4.46. The molecular weight excluding hydrogens is 515 g/mol. The first kappa shape index (κ1) is 29.9. The van der Waals surface area contributed by atoms with Gasteiger partial charge in [-0.1, -0.05) is 19.9 Å². The van der Waals surface area contributed by atoms with Crippen LogP contribution in [0.1, 0.15) is 66.3 Å². The fraction of sp³-hybridized carbons (Fsp3) is 0.393. The van der Waals surface area contributed by atoms with Crippen LogP contribution in [0.15, 0.2) is 42.5 Å². The number of aliphatic hydroxyl groups is 2. The summed E-state index contributed by atoms with van der Waals surface area (Å²) >= 11 is 0. The Labute approximate surface area is 224 Å². The molecule has 0 fully saturated rings. The summed E-state index contributed by atoms with van der Waals surface area (Å²) in [6.07, 6.45) is -2.62. The third-order valence-corrected chi connectivity index (χ3v) is 6.35. The van der Waals surface area contributed by atoms with Gasteiger partial charge in [-0.15, -0.1) is 0 Å². The van der Waals surface area contributed by atoms with Crippen LogP contribution < -0.4 is 0 Å². The van der Waals surface area contributed by atoms with Crippen molar-refractivity contribution >= 4 is 11.9 Å². The number of aromatic nitrogens is 2. The molecule has 3 N–H and O–H groups in total. The summed E-state index contributed by atoms with van der Waals surface area (Å²) in [5.41, 5.74) is 1.33. The Morgan fingerprint density at radius 1 is 1.00 bits per heavy atom. The van der Waals surface area contributed by atoms with E-state index in [-0.39, 0.29) is 43.0 Å². The molecule has 0 aliphatic carbocycles. The molecule has 3 rings (SSSR count). The summed E-state index contributed by atoms with van der Waals surface area (Å²) in [6.45, 7) is 3.35. The van der Waals surface area contributed by atoms with Crippen LogP contribution in [0, 0.1) is 17.5 Å². The Kier molecular flexibility index (Phi) is 9.87. The first-order chi connectivity index (χ1) is 18.4. The average Bonchev–Trinajstić information content (AvgIpc) is 3.24. The highest BCUT2D eigenvalue weighted by atomic mass is 19.1. The molecule has 0 bridgehead atoms. The van der Waals surface area contributed by atoms with E-state index in [0.717, 1.165) is 17.0 Å². The Hall–Kier alpha value is -3.70. The quantitative estimate of drug-likeness (QED) is 0.313. The van der Waals surface area contributed by atoms with Gasteiger partial charge in [0.2, 0.25) is 0 Å². The highest BCUT2D eigenvalue weighted by Gasteiger charge is 2.29. The first-order valence-electron chi connectivity index (χ1n) is 12.5. The van der Waals surface area contributed by atoms with E-state index in [1.807, 2.05) is 13.8 Å². The van der Waals surface area contributed by atoms with Crippen molar-refractivity contribution < 1.29 is 38.1 Å². The van der Waals surface area contributed by atoms with Crippen molar-refractivity contribution in [2.75, 3.05) is 7.05 Å². The largest absolute Gasteiger partial charge is 0.481 e. The lowest BCUT2D eigenvalue weighted by Gasteiger charge is -2.19. The number of aliphatic hydroxyl groups excluding tert-OH is 2. The number of hydrogen-bond acceptors (Lipinski definition) is 5. The maximum atomic E-state index is 14.2. The van der Waals surface area contributed by atoms with Crippen LogP contribution in [-0.2, 0) is 17.8 Å². The molecule has 0 aliphatic rings. The molecule has 0 radical (unpaired) electrons. The molecule has 1 heterocycles. The molecular formula is C28H32F3N3O5. The van der Waals surface area contributed by atoms with Crippen LogP contribution in [-0.4, -0.2) is 61.1 Å². The smallest absolute Gasteiger partial charge is 0.305 e. The number of nitrogens with zero attached hydrogens (tertiary/aromatic N) is 3. The normalized spacial score (nSPS) is 12.9. The number of carbonyl (C=O) groups excluding carboxylic acids is 1. The number of hydrogen-bond donors (Lipinski definition) is 3. The third-order valence-electron chi connectivity index (χ3n) is 6.35. The molecule has 210 valence electrons. The number of halogens is 3. The molecule has 8 nitrogen and oxygen atoms in total. The maximum absolute atomic E-state index is 14.2. The number of rotatable bonds is 12. The van der Waals surface area contributed by atoms with Crippen LogP contribution >= 0.6 is 0 Å². The Balaban J connectivity index is 1.98. The summed E-state index contributed by atoms with van der Waals surface area (Å²) in [7, 11) is 1.41. The van der Waals surface area contributed by atoms with Crippen molar-refractivity contribution in [3.8, 4) is 5.69 Å². The van der Waals surface area contributed by atoms with Crippen LogP contribution in [0.4, 0.5) is 13.2 Å². The van der Waals surface area contributed by atoms with Gasteiger partial charge in [0.05, 0.1) is 30.9 Å². The van der Waals surface area contributed by atoms with Crippen LogP contribution in [0.3, 0.4) is 0 Å². The number of benzene rings is 2. The Morgan fingerprint density at radius 3 is 2.18 bits per heavy atom. The molecule has 39 heavy (non-hydrogen) atoms. The zero-order chi connectivity index (χ0) is 28.9. The second-order valence-corrected chi connectivity index (χ2v) is 9.79. The number of carbonyl (C=O) groups is 2. The predicted octanol–water partition coefficient (Wildman–Crippen LogP) is 4.20. The molecule has 0 spiro atoms. The van der Waals surface area contributed by atoms with Crippen molar-refractivity contribution in [2.24, 2.45) is 0 Å². The molecule has 0 saturated carbocycles. The number of carboxylic acid groups (broad SMARTS) is 1. The molecule has 2 atom stereocenters. The molecule has 0 saturated heterocycles. The summed E-state index contributed by atoms with van der Waals surface area (Å²) in [6, 6.07) is 8.89. The lowest BCUT2D eigenvalue weighted by molar-refractivity contribution is -0.139. The van der Waals surface area contributed by atoms with Gasteiger partial charge in [0.1, 0.15) is 17.5 Å². The van der Waals surface area contributed by atoms with E-state index in [2.05, 4.69) is 5.10 Å². The van der Waals surface area contributed by atoms with Crippen LogP contribution in [0.5, 0.6) is 0 Å². The Morgan fingerprint density at radius 2 is 1.62 bits per heavy atom. The van der Waals surface area contributed by atoms with Gasteiger partial charge in [-0.25, -0.2) is 17.9 Å². The monoisotopic (exact) mass is 547 g/mol. The van der Waals surface area contributed by atoms with Gasteiger partial charge < -0.3 is 20.2 Å². The lowest BCUT2D eigenvalue weighted by Crippen LogP contribution is -2.28. The van der Waals surface area contributed by atoms with Gasteiger partial charge in [0, 0.05) is 23.9 Å². The van der Waals surface area contributed by atoms with E-state index >= 15 is 0 Å². The van der Waals surface area contributed by atoms with E-state index in [4.69, 9.17) is 5.11 Å². The highest BCUT2D eigenvalue weighted by Crippen LogP contribution is 2.29. The molecule has 2 unspecified atom stereocenters. The van der Waals surface area contributed by atoms with E-state index in [1.165, 1.54) is 42.1 Å². The number of amides is 1. The van der Waals surface area contributed by atoms with Gasteiger partial charge in [0.25, 0.3) is 5.91 Å².